The van der Waals surface area contributed by atoms with Crippen molar-refractivity contribution in [3.8, 4) is 5.69 Å². The zero-order valence-corrected chi connectivity index (χ0v) is 12.0. The number of fused-ring (bicyclic) bond motifs is 1. The van der Waals surface area contributed by atoms with Crippen molar-refractivity contribution in [1.82, 2.24) is 25.1 Å². The number of rotatable bonds is 3. The Bertz CT molecular complexity index is 579. The third-order valence-corrected chi connectivity index (χ3v) is 4.69. The van der Waals surface area contributed by atoms with E-state index in [0.717, 1.165) is 11.7 Å². The smallest absolute Gasteiger partial charge is 0.143 e. The average Bonchev–Trinajstić information content (AvgIpc) is 3.19. The number of tetrazole rings is 1. The molecule has 21 heavy (non-hydrogen) atoms. The van der Waals surface area contributed by atoms with Gasteiger partial charge in [0.1, 0.15) is 6.33 Å². The highest BCUT2D eigenvalue weighted by atomic mass is 15.5. The summed E-state index contributed by atoms with van der Waals surface area (Å²) in [6.07, 6.45) is 6.93. The largest absolute Gasteiger partial charge is 0.381 e. The third kappa shape index (κ3) is 2.51. The lowest BCUT2D eigenvalue weighted by molar-refractivity contribution is 0.193. The van der Waals surface area contributed by atoms with Gasteiger partial charge in [-0.1, -0.05) is 6.42 Å². The summed E-state index contributed by atoms with van der Waals surface area (Å²) < 4.78 is 1.67. The Hall–Kier alpha value is -1.95. The lowest BCUT2D eigenvalue weighted by Gasteiger charge is -2.33. The van der Waals surface area contributed by atoms with E-state index in [1.165, 1.54) is 44.5 Å². The van der Waals surface area contributed by atoms with Crippen molar-refractivity contribution >= 4 is 5.69 Å². The van der Waals surface area contributed by atoms with Crippen LogP contribution in [-0.2, 0) is 0 Å². The van der Waals surface area contributed by atoms with Crippen LogP contribution in [-0.4, -0.2) is 50.3 Å². The Kier molecular flexibility index (Phi) is 3.31. The number of benzene rings is 1. The van der Waals surface area contributed by atoms with Gasteiger partial charge in [-0.25, -0.2) is 4.68 Å². The van der Waals surface area contributed by atoms with Crippen LogP contribution in [0.1, 0.15) is 25.7 Å². The molecule has 0 spiro atoms. The Morgan fingerprint density at radius 2 is 1.95 bits per heavy atom. The molecule has 2 saturated heterocycles. The molecule has 2 aliphatic rings. The number of aromatic nitrogens is 4. The van der Waals surface area contributed by atoms with Gasteiger partial charge in [0.25, 0.3) is 0 Å². The number of nitrogens with one attached hydrogen (secondary N) is 1. The molecule has 0 radical (unpaired) electrons. The third-order valence-electron chi connectivity index (χ3n) is 4.69. The zero-order chi connectivity index (χ0) is 14.1. The van der Waals surface area contributed by atoms with Gasteiger partial charge in [0.05, 0.1) is 5.69 Å². The van der Waals surface area contributed by atoms with E-state index in [0.29, 0.717) is 6.04 Å². The molecule has 110 valence electrons. The summed E-state index contributed by atoms with van der Waals surface area (Å²) in [5.41, 5.74) is 2.17. The SMILES string of the molecule is c1cc(-n2cnnn2)ccc1NC1CCN2CCCCC12. The normalized spacial score (nSPS) is 25.7. The van der Waals surface area contributed by atoms with Crippen LogP contribution in [0.2, 0.25) is 0 Å². The minimum atomic E-state index is 0.587. The van der Waals surface area contributed by atoms with E-state index in [1.807, 2.05) is 12.1 Å². The maximum absolute atomic E-state index is 3.90. The van der Waals surface area contributed by atoms with Crippen molar-refractivity contribution in [1.29, 1.82) is 0 Å². The molecule has 3 heterocycles. The lowest BCUT2D eigenvalue weighted by atomic mass is 9.99. The molecular formula is C15H20N6. The second-order valence-electron chi connectivity index (χ2n) is 5.94. The van der Waals surface area contributed by atoms with E-state index < -0.39 is 0 Å². The Balaban J connectivity index is 1.45. The first-order valence-corrected chi connectivity index (χ1v) is 7.74. The average molecular weight is 284 g/mol. The molecule has 1 aromatic carbocycles. The molecule has 4 rings (SSSR count). The van der Waals surface area contributed by atoms with Crippen LogP contribution in [0.4, 0.5) is 5.69 Å². The first-order valence-electron chi connectivity index (χ1n) is 7.74. The van der Waals surface area contributed by atoms with E-state index >= 15 is 0 Å². The minimum Gasteiger partial charge on any atom is -0.381 e. The number of piperidine rings is 1. The van der Waals surface area contributed by atoms with Crippen molar-refractivity contribution in [3.63, 3.8) is 0 Å². The first kappa shape index (κ1) is 12.8. The summed E-state index contributed by atoms with van der Waals surface area (Å²) in [4.78, 5) is 2.65. The molecule has 2 fully saturated rings. The van der Waals surface area contributed by atoms with E-state index in [2.05, 4.69) is 37.9 Å². The molecule has 0 bridgehead atoms. The van der Waals surface area contributed by atoms with Gasteiger partial charge < -0.3 is 5.32 Å². The highest BCUT2D eigenvalue weighted by Crippen LogP contribution is 2.29. The van der Waals surface area contributed by atoms with Crippen LogP contribution in [0.15, 0.2) is 30.6 Å². The van der Waals surface area contributed by atoms with Crippen molar-refractivity contribution in [2.75, 3.05) is 18.4 Å². The maximum atomic E-state index is 3.90. The molecule has 1 N–H and O–H groups in total. The minimum absolute atomic E-state index is 0.587. The molecule has 1 aromatic heterocycles. The van der Waals surface area contributed by atoms with Crippen LogP contribution in [0, 0.1) is 0 Å². The maximum Gasteiger partial charge on any atom is 0.143 e. The van der Waals surface area contributed by atoms with Gasteiger partial charge in [-0.05, 0) is 60.5 Å². The zero-order valence-electron chi connectivity index (χ0n) is 12.0. The van der Waals surface area contributed by atoms with Crippen LogP contribution in [0.25, 0.3) is 5.69 Å². The molecule has 6 heteroatoms. The molecule has 0 amide bonds. The van der Waals surface area contributed by atoms with Crippen molar-refractivity contribution in [3.05, 3.63) is 30.6 Å². The Labute approximate surface area is 124 Å². The van der Waals surface area contributed by atoms with Crippen LogP contribution < -0.4 is 5.32 Å². The van der Waals surface area contributed by atoms with E-state index in [9.17, 15) is 0 Å². The summed E-state index contributed by atoms with van der Waals surface area (Å²) >= 11 is 0. The molecule has 2 aromatic rings. The van der Waals surface area contributed by atoms with Crippen molar-refractivity contribution < 1.29 is 0 Å². The number of hydrogen-bond acceptors (Lipinski definition) is 5. The number of anilines is 1. The summed E-state index contributed by atoms with van der Waals surface area (Å²) in [6.45, 7) is 2.52. The van der Waals surface area contributed by atoms with Crippen LogP contribution in [0.3, 0.4) is 0 Å². The van der Waals surface area contributed by atoms with Gasteiger partial charge in [-0.2, -0.15) is 0 Å². The first-order chi connectivity index (χ1) is 10.4. The van der Waals surface area contributed by atoms with E-state index in [4.69, 9.17) is 0 Å². The number of hydrogen-bond donors (Lipinski definition) is 1. The fourth-order valence-electron chi connectivity index (χ4n) is 3.62. The molecular weight excluding hydrogens is 264 g/mol. The highest BCUT2D eigenvalue weighted by Gasteiger charge is 2.35. The van der Waals surface area contributed by atoms with Gasteiger partial charge in [0.2, 0.25) is 0 Å². The predicted molar refractivity (Wildman–Crippen MR) is 80.4 cm³/mol. The second-order valence-corrected chi connectivity index (χ2v) is 5.94. The van der Waals surface area contributed by atoms with Gasteiger partial charge in [-0.15, -0.1) is 5.10 Å². The molecule has 0 aliphatic carbocycles. The van der Waals surface area contributed by atoms with Crippen LogP contribution >= 0.6 is 0 Å². The van der Waals surface area contributed by atoms with Gasteiger partial charge in [-0.3, -0.25) is 4.90 Å². The van der Waals surface area contributed by atoms with Gasteiger partial charge >= 0.3 is 0 Å². The van der Waals surface area contributed by atoms with Gasteiger partial charge in [0, 0.05) is 24.3 Å². The molecule has 6 nitrogen and oxygen atoms in total. The molecule has 0 saturated carbocycles. The standard InChI is InChI=1S/C15H20N6/c1-2-9-20-10-8-14(15(20)3-1)17-12-4-6-13(7-5-12)21-11-16-18-19-21/h4-7,11,14-15,17H,1-3,8-10H2. The Morgan fingerprint density at radius 3 is 2.76 bits per heavy atom. The fraction of sp³-hybridized carbons (Fsp3) is 0.533. The molecule has 2 unspecified atom stereocenters. The Morgan fingerprint density at radius 1 is 1.05 bits per heavy atom. The summed E-state index contributed by atoms with van der Waals surface area (Å²) in [5, 5.41) is 14.9. The topological polar surface area (TPSA) is 58.9 Å². The fourth-order valence-corrected chi connectivity index (χ4v) is 3.62. The van der Waals surface area contributed by atoms with E-state index in [-0.39, 0.29) is 0 Å². The quantitative estimate of drug-likeness (QED) is 0.929. The van der Waals surface area contributed by atoms with E-state index in [1.54, 1.807) is 11.0 Å². The second kappa shape index (κ2) is 5.44. The summed E-state index contributed by atoms with van der Waals surface area (Å²) in [7, 11) is 0. The van der Waals surface area contributed by atoms with Crippen molar-refractivity contribution in [2.24, 2.45) is 0 Å². The summed E-state index contributed by atoms with van der Waals surface area (Å²) in [6, 6.07) is 9.63. The highest BCUT2D eigenvalue weighted by molar-refractivity contribution is 5.49. The number of nitrogens with zero attached hydrogens (tertiary/aromatic N) is 5. The predicted octanol–water partition coefficient (Wildman–Crippen LogP) is 1.70. The molecule has 2 atom stereocenters. The van der Waals surface area contributed by atoms with Crippen molar-refractivity contribution in [2.45, 2.75) is 37.8 Å². The monoisotopic (exact) mass is 284 g/mol. The summed E-state index contributed by atoms with van der Waals surface area (Å²) in [5.74, 6) is 0. The molecule has 2 aliphatic heterocycles. The van der Waals surface area contributed by atoms with Crippen LogP contribution in [0.5, 0.6) is 0 Å². The lowest BCUT2D eigenvalue weighted by Crippen LogP contribution is -2.41. The van der Waals surface area contributed by atoms with Gasteiger partial charge in [0.15, 0.2) is 0 Å².